The summed E-state index contributed by atoms with van der Waals surface area (Å²) in [7, 11) is 0. The van der Waals surface area contributed by atoms with Gasteiger partial charge in [-0.1, -0.05) is 15.9 Å². The van der Waals surface area contributed by atoms with Gasteiger partial charge in [-0.2, -0.15) is 30.7 Å². The van der Waals surface area contributed by atoms with E-state index in [1.54, 1.807) is 12.1 Å². The molecule has 1 aromatic rings. The Kier molecular flexibility index (Phi) is 8.57. The number of alkyl halides is 7. The van der Waals surface area contributed by atoms with Crippen molar-refractivity contribution in [3.63, 3.8) is 0 Å². The molecule has 2 nitrogen and oxygen atoms in total. The molecule has 0 saturated heterocycles. The Bertz CT molecular complexity index is 672. The van der Waals surface area contributed by atoms with Gasteiger partial charge in [0.1, 0.15) is 0 Å². The van der Waals surface area contributed by atoms with Crippen LogP contribution in [0.25, 0.3) is 0 Å². The zero-order valence-electron chi connectivity index (χ0n) is 13.4. The molecule has 27 heavy (non-hydrogen) atoms. The largest absolute Gasteiger partial charge is 0.462 e. The van der Waals surface area contributed by atoms with Crippen molar-refractivity contribution in [1.82, 2.24) is 0 Å². The lowest BCUT2D eigenvalue weighted by atomic mass is 10.1. The van der Waals surface area contributed by atoms with Gasteiger partial charge in [-0.25, -0.2) is 4.79 Å². The molecule has 0 unspecified atom stereocenters. The predicted octanol–water partition coefficient (Wildman–Crippen LogP) is 6.93. The zero-order valence-corrected chi connectivity index (χ0v) is 17.2. The molecule has 0 fully saturated rings. The highest BCUT2D eigenvalue weighted by Gasteiger charge is 2.72. The molecule has 1 aromatic carbocycles. The van der Waals surface area contributed by atoms with Crippen molar-refractivity contribution in [2.24, 2.45) is 0 Å². The number of allylic oxidation sites excluding steroid dienone is 2. The van der Waals surface area contributed by atoms with Gasteiger partial charge in [-0.15, -0.1) is 0 Å². The van der Waals surface area contributed by atoms with Gasteiger partial charge in [-0.05, 0) is 69.7 Å². The van der Waals surface area contributed by atoms with E-state index in [2.05, 4.69) is 15.9 Å². The minimum absolute atomic E-state index is 0.0477. The Morgan fingerprint density at radius 3 is 2.11 bits per heavy atom. The number of ether oxygens (including phenoxy) is 1. The number of benzene rings is 1. The van der Waals surface area contributed by atoms with E-state index in [-0.39, 0.29) is 35.5 Å². The molecule has 1 rings (SSSR count). The second-order valence-electron chi connectivity index (χ2n) is 5.39. The number of hydrogen-bond donors (Lipinski definition) is 0. The molecule has 11 heteroatoms. The lowest BCUT2D eigenvalue weighted by Gasteiger charge is -2.26. The summed E-state index contributed by atoms with van der Waals surface area (Å²) in [4.78, 5) is 11.7. The summed E-state index contributed by atoms with van der Waals surface area (Å²) in [5.74, 6) is -12.1. The molecular weight excluding hydrogens is 564 g/mol. The van der Waals surface area contributed by atoms with Crippen molar-refractivity contribution in [2.45, 2.75) is 37.3 Å². The van der Waals surface area contributed by atoms with Crippen LogP contribution in [0, 0.1) is 0 Å². The van der Waals surface area contributed by atoms with Crippen LogP contribution in [0.4, 0.5) is 30.7 Å². The molecule has 0 N–H and O–H groups in total. The first-order chi connectivity index (χ1) is 12.3. The molecule has 0 atom stereocenters. The van der Waals surface area contributed by atoms with Crippen molar-refractivity contribution in [3.05, 3.63) is 44.0 Å². The monoisotopic (exact) mass is 576 g/mol. The van der Waals surface area contributed by atoms with Gasteiger partial charge >= 0.3 is 24.0 Å². The lowest BCUT2D eigenvalue weighted by molar-refractivity contribution is -0.341. The van der Waals surface area contributed by atoms with E-state index < -0.39 is 24.0 Å². The van der Waals surface area contributed by atoms with Crippen molar-refractivity contribution < 1.29 is 40.3 Å². The van der Waals surface area contributed by atoms with Crippen LogP contribution < -0.4 is 0 Å². The molecule has 0 aliphatic carbocycles. The number of rotatable bonds is 8. The molecule has 0 saturated carbocycles. The first kappa shape index (κ1) is 24.2. The zero-order chi connectivity index (χ0) is 20.9. The van der Waals surface area contributed by atoms with Gasteiger partial charge < -0.3 is 4.74 Å². The van der Waals surface area contributed by atoms with Crippen LogP contribution in [0.5, 0.6) is 0 Å². The summed E-state index contributed by atoms with van der Waals surface area (Å²) >= 11 is 4.48. The second-order valence-corrected chi connectivity index (χ2v) is 7.69. The van der Waals surface area contributed by atoms with E-state index in [4.69, 9.17) is 4.74 Å². The van der Waals surface area contributed by atoms with Gasteiger partial charge in [0, 0.05) is 10.5 Å². The molecule has 0 radical (unpaired) electrons. The summed E-state index contributed by atoms with van der Waals surface area (Å²) in [6.07, 6.45) is -6.50. The highest BCUT2D eigenvalue weighted by Crippen LogP contribution is 2.48. The maximum absolute atomic E-state index is 13.2. The predicted molar refractivity (Wildman–Crippen MR) is 96.3 cm³/mol. The van der Waals surface area contributed by atoms with Crippen LogP contribution in [-0.2, 0) is 4.74 Å². The smallest absolute Gasteiger partial charge is 0.460 e. The average Bonchev–Trinajstić information content (AvgIpc) is 2.53. The first-order valence-corrected chi connectivity index (χ1v) is 9.27. The molecule has 0 spiro atoms. The van der Waals surface area contributed by atoms with Crippen LogP contribution in [0.15, 0.2) is 38.4 Å². The summed E-state index contributed by atoms with van der Waals surface area (Å²) in [5, 5.41) is 0. The normalized spacial score (nSPS) is 13.6. The van der Waals surface area contributed by atoms with Crippen molar-refractivity contribution in [1.29, 1.82) is 0 Å². The number of carbonyl (C=O) groups excluding carboxylic acids is 1. The van der Waals surface area contributed by atoms with E-state index in [0.717, 1.165) is 4.47 Å². The molecular formula is C16H13BrF7IO2. The van der Waals surface area contributed by atoms with Crippen molar-refractivity contribution in [2.75, 3.05) is 6.61 Å². The molecule has 0 amide bonds. The third-order valence-corrected chi connectivity index (χ3v) is 4.62. The Morgan fingerprint density at radius 1 is 1.04 bits per heavy atom. The third-order valence-electron chi connectivity index (χ3n) is 3.24. The van der Waals surface area contributed by atoms with Crippen LogP contribution >= 0.6 is 38.5 Å². The van der Waals surface area contributed by atoms with Gasteiger partial charge in [0.15, 0.2) is 0 Å². The maximum Gasteiger partial charge on any atom is 0.460 e. The van der Waals surface area contributed by atoms with Gasteiger partial charge in [0.25, 0.3) is 0 Å². The third kappa shape index (κ3) is 6.91. The van der Waals surface area contributed by atoms with Crippen molar-refractivity contribution >= 4 is 44.5 Å². The number of esters is 1. The molecule has 0 heterocycles. The fraction of sp³-hybridized carbons (Fsp3) is 0.438. The van der Waals surface area contributed by atoms with E-state index in [1.165, 1.54) is 34.7 Å². The van der Waals surface area contributed by atoms with E-state index in [1.807, 2.05) is 0 Å². The molecule has 152 valence electrons. The Balaban J connectivity index is 2.46. The summed E-state index contributed by atoms with van der Waals surface area (Å²) < 4.78 is 93.6. The molecule has 0 aliphatic rings. The van der Waals surface area contributed by atoms with E-state index in [0.29, 0.717) is 5.56 Å². The molecule has 0 aliphatic heterocycles. The van der Waals surface area contributed by atoms with Gasteiger partial charge in [0.05, 0.1) is 12.2 Å². The van der Waals surface area contributed by atoms with E-state index in [9.17, 15) is 35.5 Å². The Morgan fingerprint density at radius 2 is 1.59 bits per heavy atom. The van der Waals surface area contributed by atoms with Gasteiger partial charge in [0.2, 0.25) is 0 Å². The van der Waals surface area contributed by atoms with Crippen LogP contribution in [0.2, 0.25) is 0 Å². The number of unbranched alkanes of at least 4 members (excludes halogenated alkanes) is 1. The first-order valence-electron chi connectivity index (χ1n) is 7.40. The second kappa shape index (κ2) is 9.57. The quantitative estimate of drug-likeness (QED) is 0.145. The highest BCUT2D eigenvalue weighted by molar-refractivity contribution is 14.1. The minimum Gasteiger partial charge on any atom is -0.462 e. The number of hydrogen-bond acceptors (Lipinski definition) is 2. The topological polar surface area (TPSA) is 26.3 Å². The Hall–Kier alpha value is -0.850. The van der Waals surface area contributed by atoms with Crippen LogP contribution in [-0.4, -0.2) is 30.6 Å². The summed E-state index contributed by atoms with van der Waals surface area (Å²) in [5.41, 5.74) is 0.307. The highest BCUT2D eigenvalue weighted by atomic mass is 127. The van der Waals surface area contributed by atoms with Gasteiger partial charge in [-0.3, -0.25) is 0 Å². The fourth-order valence-electron chi connectivity index (χ4n) is 1.78. The number of halogens is 9. The SMILES string of the molecule is O=C(OCCCCC(I)=CC(F)(F)C(F)(F)C(F)(F)F)c1ccc(Br)cc1. The fourth-order valence-corrected chi connectivity index (χ4v) is 2.82. The maximum atomic E-state index is 13.2. The summed E-state index contributed by atoms with van der Waals surface area (Å²) in [6.45, 7) is -0.0477. The number of carbonyl (C=O) groups is 1. The van der Waals surface area contributed by atoms with E-state index >= 15 is 0 Å². The summed E-state index contributed by atoms with van der Waals surface area (Å²) in [6, 6.07) is 6.34. The standard InChI is InChI=1S/C16H13BrF7IO2/c17-11-6-4-10(5-7-11)13(26)27-8-2-1-3-12(25)9-14(18,19)15(20,21)16(22,23)24/h4-7,9H,1-3,8H2. The van der Waals surface area contributed by atoms with Crippen molar-refractivity contribution in [3.8, 4) is 0 Å². The Labute approximate surface area is 172 Å². The molecule has 0 bridgehead atoms. The average molecular weight is 577 g/mol. The molecule has 0 aromatic heterocycles. The minimum atomic E-state index is -6.36. The lowest BCUT2D eigenvalue weighted by Crippen LogP contribution is -2.50. The van der Waals surface area contributed by atoms with Crippen LogP contribution in [0.3, 0.4) is 0 Å². The van der Waals surface area contributed by atoms with Crippen LogP contribution in [0.1, 0.15) is 29.6 Å².